The molecule has 1 heterocycles. The van der Waals surface area contributed by atoms with Gasteiger partial charge in [-0.3, -0.25) is 4.79 Å². The largest absolute Gasteiger partial charge is 0.410 e. The molecule has 0 unspecified atom stereocenters. The van der Waals surface area contributed by atoms with E-state index < -0.39 is 5.91 Å². The lowest BCUT2D eigenvalue weighted by molar-refractivity contribution is -0.115. The van der Waals surface area contributed by atoms with Gasteiger partial charge in [-0.25, -0.2) is 0 Å². The summed E-state index contributed by atoms with van der Waals surface area (Å²) in [6.45, 7) is 0. The van der Waals surface area contributed by atoms with Crippen LogP contribution in [-0.2, 0) is 4.79 Å². The number of hydrogen-bond acceptors (Lipinski definition) is 5. The van der Waals surface area contributed by atoms with Gasteiger partial charge in [0, 0.05) is 4.88 Å². The van der Waals surface area contributed by atoms with E-state index in [9.17, 15) is 4.79 Å². The van der Waals surface area contributed by atoms with Crippen LogP contribution in [0.15, 0.2) is 28.2 Å². The standard InChI is InChI=1S/C9H7N3O2S/c10-5-7(9(13)11-6-12-14)4-8-2-1-3-15-8/h1-4,6,14H,(H,11,12,13). The van der Waals surface area contributed by atoms with Crippen LogP contribution in [-0.4, -0.2) is 17.5 Å². The van der Waals surface area contributed by atoms with E-state index in [0.29, 0.717) is 0 Å². The van der Waals surface area contributed by atoms with Crippen LogP contribution in [0.2, 0.25) is 0 Å². The second kappa shape index (κ2) is 5.57. The van der Waals surface area contributed by atoms with Crippen LogP contribution in [0.3, 0.4) is 0 Å². The lowest BCUT2D eigenvalue weighted by atomic mass is 10.2. The molecule has 0 aromatic carbocycles. The van der Waals surface area contributed by atoms with Crippen LogP contribution >= 0.6 is 11.3 Å². The van der Waals surface area contributed by atoms with Gasteiger partial charge in [-0.1, -0.05) is 11.2 Å². The van der Waals surface area contributed by atoms with Gasteiger partial charge in [0.05, 0.1) is 0 Å². The molecule has 0 radical (unpaired) electrons. The van der Waals surface area contributed by atoms with Gasteiger partial charge >= 0.3 is 0 Å². The van der Waals surface area contributed by atoms with E-state index in [0.717, 1.165) is 11.2 Å². The molecule has 15 heavy (non-hydrogen) atoms. The second-order valence-electron chi connectivity index (χ2n) is 2.40. The summed E-state index contributed by atoms with van der Waals surface area (Å²) in [7, 11) is 0. The molecule has 0 atom stereocenters. The molecule has 5 nitrogen and oxygen atoms in total. The Kier molecular flexibility index (Phi) is 4.06. The minimum absolute atomic E-state index is 0.0441. The molecule has 1 rings (SSSR count). The molecule has 0 fully saturated rings. The van der Waals surface area contributed by atoms with Gasteiger partial charge in [-0.15, -0.1) is 11.3 Å². The Morgan fingerprint density at radius 3 is 3.07 bits per heavy atom. The number of thiophene rings is 1. The van der Waals surface area contributed by atoms with Crippen LogP contribution in [0.4, 0.5) is 0 Å². The number of nitrogens with zero attached hydrogens (tertiary/aromatic N) is 2. The second-order valence-corrected chi connectivity index (χ2v) is 3.38. The minimum Gasteiger partial charge on any atom is -0.410 e. The summed E-state index contributed by atoms with van der Waals surface area (Å²) in [6.07, 6.45) is 2.27. The quantitative estimate of drug-likeness (QED) is 0.201. The van der Waals surface area contributed by atoms with Crippen LogP contribution in [0.25, 0.3) is 6.08 Å². The molecule has 6 heteroatoms. The van der Waals surface area contributed by atoms with Gasteiger partial charge in [0.1, 0.15) is 18.0 Å². The van der Waals surface area contributed by atoms with Gasteiger partial charge in [-0.2, -0.15) is 5.26 Å². The van der Waals surface area contributed by atoms with Crippen molar-refractivity contribution in [2.24, 2.45) is 5.16 Å². The third-order valence-corrected chi connectivity index (χ3v) is 2.27. The Morgan fingerprint density at radius 2 is 2.53 bits per heavy atom. The lowest BCUT2D eigenvalue weighted by Crippen LogP contribution is -2.22. The van der Waals surface area contributed by atoms with Gasteiger partial charge < -0.3 is 10.5 Å². The summed E-state index contributed by atoms with van der Waals surface area (Å²) < 4.78 is 0. The fourth-order valence-corrected chi connectivity index (χ4v) is 1.49. The zero-order valence-electron chi connectivity index (χ0n) is 7.54. The van der Waals surface area contributed by atoms with Crippen LogP contribution in [0.1, 0.15) is 4.88 Å². The summed E-state index contributed by atoms with van der Waals surface area (Å²) in [4.78, 5) is 12.1. The maximum absolute atomic E-state index is 11.3. The average molecular weight is 221 g/mol. The van der Waals surface area contributed by atoms with Crippen LogP contribution < -0.4 is 5.32 Å². The fraction of sp³-hybridized carbons (Fsp3) is 0. The Labute approximate surface area is 90.0 Å². The van der Waals surface area contributed by atoms with E-state index in [1.807, 2.05) is 11.4 Å². The Hall–Kier alpha value is -2.13. The third kappa shape index (κ3) is 3.25. The van der Waals surface area contributed by atoms with Gasteiger partial charge in [-0.05, 0) is 17.5 Å². The highest BCUT2D eigenvalue weighted by molar-refractivity contribution is 7.10. The summed E-state index contributed by atoms with van der Waals surface area (Å²) in [5, 5.41) is 23.4. The maximum Gasteiger partial charge on any atom is 0.267 e. The van der Waals surface area contributed by atoms with Crippen molar-refractivity contribution in [1.29, 1.82) is 5.26 Å². The number of rotatable bonds is 3. The average Bonchev–Trinajstić information content (AvgIpc) is 2.75. The molecule has 0 bridgehead atoms. The lowest BCUT2D eigenvalue weighted by Gasteiger charge is -1.94. The van der Waals surface area contributed by atoms with Crippen molar-refractivity contribution in [3.8, 4) is 6.07 Å². The van der Waals surface area contributed by atoms with Crippen molar-refractivity contribution >= 4 is 29.7 Å². The van der Waals surface area contributed by atoms with Crippen molar-refractivity contribution < 1.29 is 10.0 Å². The van der Waals surface area contributed by atoms with E-state index in [1.54, 1.807) is 12.1 Å². The highest BCUT2D eigenvalue weighted by Gasteiger charge is 2.07. The van der Waals surface area contributed by atoms with Crippen molar-refractivity contribution in [2.45, 2.75) is 0 Å². The Bertz CT molecular complexity index is 429. The number of nitrogens with one attached hydrogen (secondary N) is 1. The van der Waals surface area contributed by atoms with E-state index in [1.165, 1.54) is 17.4 Å². The van der Waals surface area contributed by atoms with E-state index in [4.69, 9.17) is 10.5 Å². The van der Waals surface area contributed by atoms with Crippen molar-refractivity contribution in [2.75, 3.05) is 0 Å². The smallest absolute Gasteiger partial charge is 0.267 e. The molecule has 0 aliphatic heterocycles. The number of carbonyl (C=O) groups is 1. The van der Waals surface area contributed by atoms with Crippen LogP contribution in [0.5, 0.6) is 0 Å². The normalized spacial score (nSPS) is 11.3. The monoisotopic (exact) mass is 221 g/mol. The van der Waals surface area contributed by atoms with Crippen LogP contribution in [0, 0.1) is 11.3 Å². The molecule has 1 aromatic heterocycles. The van der Waals surface area contributed by atoms with E-state index in [-0.39, 0.29) is 5.57 Å². The first-order valence-electron chi connectivity index (χ1n) is 3.90. The predicted molar refractivity (Wildman–Crippen MR) is 56.3 cm³/mol. The number of nitriles is 1. The summed E-state index contributed by atoms with van der Waals surface area (Å²) in [6, 6.07) is 5.37. The summed E-state index contributed by atoms with van der Waals surface area (Å²) >= 11 is 1.42. The number of hydrogen-bond donors (Lipinski definition) is 2. The molecule has 0 saturated heterocycles. The number of oxime groups is 1. The third-order valence-electron chi connectivity index (χ3n) is 1.45. The van der Waals surface area contributed by atoms with Gasteiger partial charge in [0.25, 0.3) is 5.91 Å². The first kappa shape index (κ1) is 10.9. The SMILES string of the molecule is N#CC(=Cc1cccs1)C(=O)N/C=N/O. The zero-order chi connectivity index (χ0) is 11.1. The van der Waals surface area contributed by atoms with Crippen molar-refractivity contribution in [3.63, 3.8) is 0 Å². The fourth-order valence-electron chi connectivity index (χ4n) is 0.829. The molecular formula is C9H7N3O2S. The van der Waals surface area contributed by atoms with E-state index in [2.05, 4.69) is 10.5 Å². The molecule has 2 N–H and O–H groups in total. The summed E-state index contributed by atoms with van der Waals surface area (Å²) in [5.74, 6) is -0.608. The minimum atomic E-state index is -0.608. The van der Waals surface area contributed by atoms with Crippen molar-refractivity contribution in [1.82, 2.24) is 5.32 Å². The molecule has 0 aliphatic rings. The Morgan fingerprint density at radius 1 is 1.73 bits per heavy atom. The number of amides is 1. The molecule has 1 aromatic rings. The van der Waals surface area contributed by atoms with Gasteiger partial charge in [0.15, 0.2) is 0 Å². The topological polar surface area (TPSA) is 85.5 Å². The highest BCUT2D eigenvalue weighted by Crippen LogP contribution is 2.12. The molecule has 1 amide bonds. The summed E-state index contributed by atoms with van der Waals surface area (Å²) in [5.41, 5.74) is -0.0441. The molecule has 0 spiro atoms. The predicted octanol–water partition coefficient (Wildman–Crippen LogP) is 1.19. The zero-order valence-corrected chi connectivity index (χ0v) is 8.36. The molecule has 0 aliphatic carbocycles. The van der Waals surface area contributed by atoms with Gasteiger partial charge in [0.2, 0.25) is 0 Å². The first-order chi connectivity index (χ1) is 7.27. The molecular weight excluding hydrogens is 214 g/mol. The molecule has 0 saturated carbocycles. The molecule has 76 valence electrons. The van der Waals surface area contributed by atoms with E-state index >= 15 is 0 Å². The Balaban J connectivity index is 2.81. The highest BCUT2D eigenvalue weighted by atomic mass is 32.1. The maximum atomic E-state index is 11.3. The van der Waals surface area contributed by atoms with Crippen molar-refractivity contribution in [3.05, 3.63) is 28.0 Å². The first-order valence-corrected chi connectivity index (χ1v) is 4.78. The number of carbonyl (C=O) groups excluding carboxylic acids is 1.